The van der Waals surface area contributed by atoms with Crippen LogP contribution < -0.4 is 0 Å². The molecule has 20 heavy (non-hydrogen) atoms. The predicted molar refractivity (Wildman–Crippen MR) is 78.2 cm³/mol. The molecule has 0 bridgehead atoms. The smallest absolute Gasteiger partial charge is 0.168 e. The highest BCUT2D eigenvalue weighted by molar-refractivity contribution is 5.40. The van der Waals surface area contributed by atoms with E-state index in [2.05, 4.69) is 18.1 Å². The average Bonchev–Trinajstić information content (AvgIpc) is 2.54. The third-order valence-corrected chi connectivity index (χ3v) is 4.33. The molecule has 0 unspecified atom stereocenters. The Morgan fingerprint density at radius 2 is 1.65 bits per heavy atom. The van der Waals surface area contributed by atoms with Crippen LogP contribution in [0.1, 0.15) is 37.7 Å². The third kappa shape index (κ3) is 2.84. The maximum absolute atomic E-state index is 9.55. The van der Waals surface area contributed by atoms with Gasteiger partial charge in [0.1, 0.15) is 0 Å². The lowest BCUT2D eigenvalue weighted by atomic mass is 9.71. The number of nitrogens with zero attached hydrogens (tertiary/aromatic N) is 2. The molecule has 0 heterocycles. The fraction of sp³-hybridized carbons (Fsp3) is 0.444. The van der Waals surface area contributed by atoms with Crippen molar-refractivity contribution >= 4 is 0 Å². The average molecular weight is 262 g/mol. The first-order valence-electron chi connectivity index (χ1n) is 7.08. The van der Waals surface area contributed by atoms with Crippen molar-refractivity contribution in [2.75, 3.05) is 0 Å². The Kier molecular flexibility index (Phi) is 4.45. The van der Waals surface area contributed by atoms with Gasteiger partial charge in [-0.05, 0) is 43.6 Å². The van der Waals surface area contributed by atoms with E-state index in [1.165, 1.54) is 0 Å². The van der Waals surface area contributed by atoms with Crippen molar-refractivity contribution in [2.45, 2.75) is 37.5 Å². The highest BCUT2D eigenvalue weighted by Gasteiger charge is 2.36. The lowest BCUT2D eigenvalue weighted by Crippen LogP contribution is -2.27. The van der Waals surface area contributed by atoms with Crippen LogP contribution in [0.4, 0.5) is 0 Å². The van der Waals surface area contributed by atoms with Gasteiger partial charge < -0.3 is 0 Å². The van der Waals surface area contributed by atoms with E-state index in [0.717, 1.165) is 31.2 Å². The minimum absolute atomic E-state index is 0.376. The van der Waals surface area contributed by atoms with Gasteiger partial charge in [-0.2, -0.15) is 10.5 Å². The normalized spacial score (nSPS) is 22.2. The van der Waals surface area contributed by atoms with E-state index in [1.807, 2.05) is 30.3 Å². The summed E-state index contributed by atoms with van der Waals surface area (Å²) < 4.78 is 0. The summed E-state index contributed by atoms with van der Waals surface area (Å²) in [7, 11) is 0. The topological polar surface area (TPSA) is 47.6 Å². The van der Waals surface area contributed by atoms with E-state index < -0.39 is 5.41 Å². The van der Waals surface area contributed by atoms with Crippen molar-refractivity contribution in [1.82, 2.24) is 0 Å². The van der Waals surface area contributed by atoms with Crippen molar-refractivity contribution in [3.05, 3.63) is 35.9 Å². The molecule has 0 aromatic heterocycles. The van der Waals surface area contributed by atoms with Crippen molar-refractivity contribution in [1.29, 1.82) is 10.5 Å². The molecule has 0 saturated heterocycles. The molecule has 1 aliphatic carbocycles. The lowest BCUT2D eigenvalue weighted by Gasteiger charge is -2.30. The van der Waals surface area contributed by atoms with Crippen LogP contribution in [-0.4, -0.2) is 0 Å². The molecule has 2 rings (SSSR count). The van der Waals surface area contributed by atoms with Crippen LogP contribution >= 0.6 is 0 Å². The Morgan fingerprint density at radius 3 is 2.15 bits per heavy atom. The summed E-state index contributed by atoms with van der Waals surface area (Å²) in [5, 5.41) is 19.1. The van der Waals surface area contributed by atoms with Crippen LogP contribution in [0.25, 0.3) is 0 Å². The number of rotatable bonds is 3. The Labute approximate surface area is 121 Å². The lowest BCUT2D eigenvalue weighted by molar-refractivity contribution is 0.281. The van der Waals surface area contributed by atoms with E-state index in [0.29, 0.717) is 18.3 Å². The predicted octanol–water partition coefficient (Wildman–Crippen LogP) is 3.80. The zero-order chi connectivity index (χ0) is 14.4. The van der Waals surface area contributed by atoms with E-state index in [4.69, 9.17) is 6.42 Å². The fourth-order valence-electron chi connectivity index (χ4n) is 3.05. The Bertz CT molecular complexity index is 546. The summed E-state index contributed by atoms with van der Waals surface area (Å²) in [5.41, 5.74) is -0.210. The van der Waals surface area contributed by atoms with Gasteiger partial charge >= 0.3 is 0 Å². The molecule has 1 aliphatic rings. The van der Waals surface area contributed by atoms with Crippen LogP contribution in [0.2, 0.25) is 0 Å². The van der Waals surface area contributed by atoms with E-state index in [1.54, 1.807) is 0 Å². The molecule has 0 amide bonds. The Hall–Kier alpha value is -2.24. The SMILES string of the molecule is C#CC1CCC(CC(C#N)(C#N)c2ccccc2)CC1. The zero-order valence-corrected chi connectivity index (χ0v) is 11.5. The summed E-state index contributed by atoms with van der Waals surface area (Å²) in [6, 6.07) is 13.9. The molecule has 100 valence electrons. The van der Waals surface area contributed by atoms with Crippen molar-refractivity contribution in [3.8, 4) is 24.5 Å². The Morgan fingerprint density at radius 1 is 1.05 bits per heavy atom. The second-order valence-corrected chi connectivity index (χ2v) is 5.58. The van der Waals surface area contributed by atoms with Gasteiger partial charge in [0.25, 0.3) is 0 Å². The summed E-state index contributed by atoms with van der Waals surface area (Å²) >= 11 is 0. The molecule has 0 spiro atoms. The maximum atomic E-state index is 9.55. The summed E-state index contributed by atoms with van der Waals surface area (Å²) in [4.78, 5) is 0. The van der Waals surface area contributed by atoms with Crippen LogP contribution in [-0.2, 0) is 5.41 Å². The van der Waals surface area contributed by atoms with Crippen molar-refractivity contribution in [3.63, 3.8) is 0 Å². The number of hydrogen-bond donors (Lipinski definition) is 0. The molecular weight excluding hydrogens is 244 g/mol. The minimum atomic E-state index is -1.02. The van der Waals surface area contributed by atoms with Crippen molar-refractivity contribution in [2.24, 2.45) is 11.8 Å². The maximum Gasteiger partial charge on any atom is 0.168 e. The van der Waals surface area contributed by atoms with E-state index in [-0.39, 0.29) is 0 Å². The van der Waals surface area contributed by atoms with Gasteiger partial charge in [-0.1, -0.05) is 30.3 Å². The quantitative estimate of drug-likeness (QED) is 0.778. The fourth-order valence-corrected chi connectivity index (χ4v) is 3.05. The van der Waals surface area contributed by atoms with Gasteiger partial charge in [-0.15, -0.1) is 12.3 Å². The summed E-state index contributed by atoms with van der Waals surface area (Å²) in [6.07, 6.45) is 10.2. The number of benzene rings is 1. The van der Waals surface area contributed by atoms with Gasteiger partial charge in [0, 0.05) is 5.92 Å². The third-order valence-electron chi connectivity index (χ3n) is 4.33. The first kappa shape index (κ1) is 14.2. The van der Waals surface area contributed by atoms with Crippen molar-refractivity contribution < 1.29 is 0 Å². The monoisotopic (exact) mass is 262 g/mol. The van der Waals surface area contributed by atoms with Gasteiger partial charge in [-0.3, -0.25) is 0 Å². The molecule has 1 fully saturated rings. The number of hydrogen-bond acceptors (Lipinski definition) is 2. The highest BCUT2D eigenvalue weighted by Crippen LogP contribution is 2.38. The minimum Gasteiger partial charge on any atom is -0.196 e. The molecule has 2 nitrogen and oxygen atoms in total. The second-order valence-electron chi connectivity index (χ2n) is 5.58. The summed E-state index contributed by atoms with van der Waals surface area (Å²) in [5.74, 6) is 3.61. The molecule has 2 heteroatoms. The molecule has 1 aromatic rings. The van der Waals surface area contributed by atoms with Gasteiger partial charge in [0.05, 0.1) is 12.1 Å². The Balaban J connectivity index is 2.14. The standard InChI is InChI=1S/C18H18N2/c1-2-15-8-10-16(11-9-15)12-18(13-19,14-20)17-6-4-3-5-7-17/h1,3-7,15-16H,8-12H2. The van der Waals surface area contributed by atoms with Crippen LogP contribution in [0, 0.1) is 46.8 Å². The largest absolute Gasteiger partial charge is 0.196 e. The molecule has 0 radical (unpaired) electrons. The van der Waals surface area contributed by atoms with Crippen LogP contribution in [0.5, 0.6) is 0 Å². The first-order valence-corrected chi connectivity index (χ1v) is 7.08. The molecular formula is C18H18N2. The molecule has 0 aliphatic heterocycles. The second kappa shape index (κ2) is 6.27. The first-order chi connectivity index (χ1) is 9.74. The molecule has 1 aromatic carbocycles. The molecule has 0 atom stereocenters. The molecule has 0 N–H and O–H groups in total. The van der Waals surface area contributed by atoms with E-state index in [9.17, 15) is 10.5 Å². The van der Waals surface area contributed by atoms with Gasteiger partial charge in [0.2, 0.25) is 0 Å². The summed E-state index contributed by atoms with van der Waals surface area (Å²) in [6.45, 7) is 0. The van der Waals surface area contributed by atoms with E-state index >= 15 is 0 Å². The van der Waals surface area contributed by atoms with Gasteiger partial charge in [-0.25, -0.2) is 0 Å². The van der Waals surface area contributed by atoms with Crippen LogP contribution in [0.3, 0.4) is 0 Å². The van der Waals surface area contributed by atoms with Gasteiger partial charge in [0.15, 0.2) is 5.41 Å². The number of terminal acetylenes is 1. The zero-order valence-electron chi connectivity index (χ0n) is 11.5. The van der Waals surface area contributed by atoms with Crippen LogP contribution in [0.15, 0.2) is 30.3 Å². The molecule has 1 saturated carbocycles. The highest BCUT2D eigenvalue weighted by atomic mass is 14.4. The number of nitriles is 2.